The van der Waals surface area contributed by atoms with Gasteiger partial charge in [0.05, 0.1) is 23.1 Å². The van der Waals surface area contributed by atoms with Crippen LogP contribution in [0.2, 0.25) is 0 Å². The Labute approximate surface area is 205 Å². The maximum absolute atomic E-state index is 14.2. The molecule has 0 bridgehead atoms. The zero-order chi connectivity index (χ0) is 26.1. The van der Waals surface area contributed by atoms with Crippen molar-refractivity contribution >= 4 is 15.9 Å². The second-order valence-electron chi connectivity index (χ2n) is 9.12. The van der Waals surface area contributed by atoms with Crippen LogP contribution in [0.4, 0.5) is 22.0 Å². The Morgan fingerprint density at radius 2 is 1.75 bits per heavy atom. The van der Waals surface area contributed by atoms with Crippen molar-refractivity contribution in [1.29, 1.82) is 0 Å². The number of amides is 1. The minimum absolute atomic E-state index is 0.0225. The summed E-state index contributed by atoms with van der Waals surface area (Å²) in [7, 11) is -4.24. The zero-order valence-electron chi connectivity index (χ0n) is 19.1. The molecule has 0 spiro atoms. The number of aromatic nitrogens is 2. The molecule has 1 aromatic carbocycles. The standard InChI is InChI=1S/C23H25F5N4O3S/c24-16-5-7-19(8-6-16)36(34,35)32-12-17(25)9-21(32)22(33)29-11-18-10-20(31-13-30-18)14-1-3-15(4-2-14)23(26,27)28/h5-8,10,13-15,17,21H,1-4,9,11-12H2,(H,29,33)/t14?,15?,17-,21+/m1/s1. The Morgan fingerprint density at radius 3 is 2.39 bits per heavy atom. The van der Waals surface area contributed by atoms with E-state index in [0.717, 1.165) is 28.6 Å². The minimum atomic E-state index is -4.24. The predicted octanol–water partition coefficient (Wildman–Crippen LogP) is 3.87. The van der Waals surface area contributed by atoms with Gasteiger partial charge in [-0.15, -0.1) is 0 Å². The second-order valence-corrected chi connectivity index (χ2v) is 11.0. The molecule has 1 saturated heterocycles. The maximum Gasteiger partial charge on any atom is 0.391 e. The average molecular weight is 533 g/mol. The Morgan fingerprint density at radius 1 is 1.08 bits per heavy atom. The molecule has 1 N–H and O–H groups in total. The van der Waals surface area contributed by atoms with Crippen molar-refractivity contribution in [2.45, 2.75) is 67.9 Å². The van der Waals surface area contributed by atoms with Gasteiger partial charge in [0.25, 0.3) is 0 Å². The fourth-order valence-electron chi connectivity index (χ4n) is 4.75. The van der Waals surface area contributed by atoms with Crippen LogP contribution in [0.3, 0.4) is 0 Å². The summed E-state index contributed by atoms with van der Waals surface area (Å²) in [5.74, 6) is -2.81. The molecule has 1 aromatic heterocycles. The van der Waals surface area contributed by atoms with E-state index in [9.17, 15) is 35.2 Å². The molecule has 13 heteroatoms. The lowest BCUT2D eigenvalue weighted by Gasteiger charge is -2.29. The number of alkyl halides is 4. The van der Waals surface area contributed by atoms with E-state index in [-0.39, 0.29) is 36.6 Å². The number of halogens is 5. The molecule has 1 aliphatic heterocycles. The van der Waals surface area contributed by atoms with Crippen LogP contribution in [0.15, 0.2) is 41.6 Å². The van der Waals surface area contributed by atoms with Crippen molar-refractivity contribution in [3.8, 4) is 0 Å². The van der Waals surface area contributed by atoms with Gasteiger partial charge in [-0.25, -0.2) is 27.2 Å². The van der Waals surface area contributed by atoms with Crippen molar-refractivity contribution in [3.05, 3.63) is 53.9 Å². The van der Waals surface area contributed by atoms with Gasteiger partial charge in [-0.2, -0.15) is 17.5 Å². The normalized spacial score (nSPS) is 25.6. The van der Waals surface area contributed by atoms with Gasteiger partial charge in [-0.1, -0.05) is 0 Å². The zero-order valence-corrected chi connectivity index (χ0v) is 19.9. The molecule has 2 aliphatic rings. The molecular weight excluding hydrogens is 507 g/mol. The number of hydrogen-bond acceptors (Lipinski definition) is 5. The van der Waals surface area contributed by atoms with Gasteiger partial charge in [0, 0.05) is 24.6 Å². The molecule has 2 heterocycles. The number of nitrogens with zero attached hydrogens (tertiary/aromatic N) is 3. The average Bonchev–Trinajstić information content (AvgIpc) is 3.25. The van der Waals surface area contributed by atoms with E-state index in [1.165, 1.54) is 6.33 Å². The van der Waals surface area contributed by atoms with Gasteiger partial charge in [-0.3, -0.25) is 4.79 Å². The third-order valence-electron chi connectivity index (χ3n) is 6.72. The van der Waals surface area contributed by atoms with Gasteiger partial charge >= 0.3 is 6.18 Å². The molecule has 0 unspecified atom stereocenters. The van der Waals surface area contributed by atoms with Crippen molar-refractivity contribution in [2.75, 3.05) is 6.54 Å². The number of benzene rings is 1. The highest BCUT2D eigenvalue weighted by Gasteiger charge is 2.44. The predicted molar refractivity (Wildman–Crippen MR) is 118 cm³/mol. The highest BCUT2D eigenvalue weighted by atomic mass is 32.2. The van der Waals surface area contributed by atoms with Crippen molar-refractivity contribution in [1.82, 2.24) is 19.6 Å². The first kappa shape index (κ1) is 26.4. The fraction of sp³-hybridized carbons (Fsp3) is 0.522. The minimum Gasteiger partial charge on any atom is -0.349 e. The van der Waals surface area contributed by atoms with E-state index >= 15 is 0 Å². The topological polar surface area (TPSA) is 92.3 Å². The van der Waals surface area contributed by atoms with Crippen molar-refractivity contribution < 1.29 is 35.2 Å². The van der Waals surface area contributed by atoms with Crippen LogP contribution < -0.4 is 5.32 Å². The van der Waals surface area contributed by atoms with Crippen LogP contribution in [0.1, 0.15) is 49.4 Å². The Hall–Kier alpha value is -2.67. The number of hydrogen-bond donors (Lipinski definition) is 1. The summed E-state index contributed by atoms with van der Waals surface area (Å²) in [6.45, 7) is -0.597. The molecule has 2 aromatic rings. The van der Waals surface area contributed by atoms with Gasteiger partial charge in [-0.05, 0) is 56.0 Å². The first-order chi connectivity index (χ1) is 16.9. The van der Waals surface area contributed by atoms with Crippen LogP contribution in [0, 0.1) is 11.7 Å². The second kappa shape index (κ2) is 10.4. The smallest absolute Gasteiger partial charge is 0.349 e. The molecule has 0 radical (unpaired) electrons. The molecule has 36 heavy (non-hydrogen) atoms. The van der Waals surface area contributed by atoms with Crippen LogP contribution >= 0.6 is 0 Å². The van der Waals surface area contributed by atoms with Gasteiger partial charge in [0.15, 0.2) is 0 Å². The molecule has 4 rings (SSSR count). The third-order valence-corrected chi connectivity index (χ3v) is 8.61. The summed E-state index contributed by atoms with van der Waals surface area (Å²) >= 11 is 0. The van der Waals surface area contributed by atoms with Crippen LogP contribution in [0.25, 0.3) is 0 Å². The van der Waals surface area contributed by atoms with Gasteiger partial charge in [0.2, 0.25) is 15.9 Å². The summed E-state index contributed by atoms with van der Waals surface area (Å²) in [4.78, 5) is 20.8. The molecule has 2 atom stereocenters. The summed E-state index contributed by atoms with van der Waals surface area (Å²) in [6.07, 6.45) is -4.10. The van der Waals surface area contributed by atoms with Crippen molar-refractivity contribution in [3.63, 3.8) is 0 Å². The van der Waals surface area contributed by atoms with E-state index in [1.54, 1.807) is 6.07 Å². The largest absolute Gasteiger partial charge is 0.391 e. The molecule has 7 nitrogen and oxygen atoms in total. The van der Waals surface area contributed by atoms with Gasteiger partial charge in [0.1, 0.15) is 24.4 Å². The lowest BCUT2D eigenvalue weighted by Crippen LogP contribution is -2.45. The first-order valence-corrected chi connectivity index (χ1v) is 13.0. The Balaban J connectivity index is 1.40. The number of nitrogens with one attached hydrogen (secondary N) is 1. The van der Waals surface area contributed by atoms with E-state index in [0.29, 0.717) is 24.2 Å². The lowest BCUT2D eigenvalue weighted by atomic mass is 9.80. The number of carbonyl (C=O) groups is 1. The van der Waals surface area contributed by atoms with E-state index in [1.807, 2.05) is 0 Å². The van der Waals surface area contributed by atoms with E-state index in [4.69, 9.17) is 0 Å². The molecule has 2 fully saturated rings. The first-order valence-electron chi connectivity index (χ1n) is 11.5. The summed E-state index contributed by atoms with van der Waals surface area (Å²) in [5.41, 5.74) is 0.981. The van der Waals surface area contributed by atoms with E-state index < -0.39 is 52.6 Å². The van der Waals surface area contributed by atoms with E-state index in [2.05, 4.69) is 15.3 Å². The molecule has 196 valence electrons. The van der Waals surface area contributed by atoms with Gasteiger partial charge < -0.3 is 5.32 Å². The quantitative estimate of drug-likeness (QED) is 0.571. The van der Waals surface area contributed by atoms with Crippen LogP contribution in [-0.2, 0) is 21.4 Å². The van der Waals surface area contributed by atoms with Crippen LogP contribution in [-0.4, -0.2) is 53.5 Å². The molecule has 1 saturated carbocycles. The van der Waals surface area contributed by atoms with Crippen molar-refractivity contribution in [2.24, 2.45) is 5.92 Å². The number of sulfonamides is 1. The van der Waals surface area contributed by atoms with Crippen LogP contribution in [0.5, 0.6) is 0 Å². The fourth-order valence-corrected chi connectivity index (χ4v) is 6.37. The summed E-state index contributed by atoms with van der Waals surface area (Å²) in [5, 5.41) is 2.57. The molecular formula is C23H25F5N4O3S. The highest BCUT2D eigenvalue weighted by Crippen LogP contribution is 2.42. The molecule has 1 amide bonds. The summed E-state index contributed by atoms with van der Waals surface area (Å²) < 4.78 is 92.8. The highest BCUT2D eigenvalue weighted by molar-refractivity contribution is 7.89. The number of rotatable bonds is 6. The third kappa shape index (κ3) is 5.83. The monoisotopic (exact) mass is 532 g/mol. The Bertz CT molecular complexity index is 1180. The Kier molecular flexibility index (Phi) is 7.60. The summed E-state index contributed by atoms with van der Waals surface area (Å²) in [6, 6.07) is 4.35. The molecule has 1 aliphatic carbocycles. The lowest BCUT2D eigenvalue weighted by molar-refractivity contribution is -0.182. The number of carbonyl (C=O) groups excluding carboxylic acids is 1. The maximum atomic E-state index is 14.2. The SMILES string of the molecule is O=C(NCc1cc(C2CCC(C(F)(F)F)CC2)ncn1)[C@@H]1C[C@@H](F)CN1S(=O)(=O)c1ccc(F)cc1.